The molecule has 0 bridgehead atoms. The van der Waals surface area contributed by atoms with E-state index in [-0.39, 0.29) is 17.7 Å². The SMILES string of the molecule is Cc1noc(-c2ccncc2)c1C(=O)NC(Cc1ccccc1)C(=O)C(N)=O. The van der Waals surface area contributed by atoms with Crippen LogP contribution < -0.4 is 11.1 Å². The van der Waals surface area contributed by atoms with Crippen LogP contribution in [0.3, 0.4) is 0 Å². The van der Waals surface area contributed by atoms with Crippen molar-refractivity contribution in [3.05, 3.63) is 71.7 Å². The number of carbonyl (C=O) groups excluding carboxylic acids is 3. The maximum Gasteiger partial charge on any atom is 0.287 e. The molecule has 3 N–H and O–H groups in total. The van der Waals surface area contributed by atoms with Crippen LogP contribution in [0.1, 0.15) is 21.6 Å². The Morgan fingerprint density at radius 1 is 1.11 bits per heavy atom. The Labute approximate surface area is 160 Å². The molecule has 8 nitrogen and oxygen atoms in total. The molecule has 0 aliphatic rings. The Hall–Kier alpha value is -3.81. The van der Waals surface area contributed by atoms with E-state index < -0.39 is 23.6 Å². The van der Waals surface area contributed by atoms with Gasteiger partial charge in [0.15, 0.2) is 5.76 Å². The number of nitrogens with one attached hydrogen (secondary N) is 1. The zero-order chi connectivity index (χ0) is 20.1. The topological polar surface area (TPSA) is 128 Å². The predicted molar refractivity (Wildman–Crippen MR) is 100 cm³/mol. The number of primary amides is 1. The van der Waals surface area contributed by atoms with Crippen LogP contribution in [-0.4, -0.2) is 33.8 Å². The first kappa shape index (κ1) is 19.0. The quantitative estimate of drug-likeness (QED) is 0.599. The van der Waals surface area contributed by atoms with Crippen LogP contribution in [0.2, 0.25) is 0 Å². The van der Waals surface area contributed by atoms with Crippen molar-refractivity contribution < 1.29 is 18.9 Å². The highest BCUT2D eigenvalue weighted by molar-refractivity contribution is 6.38. The van der Waals surface area contributed by atoms with Gasteiger partial charge in [-0.1, -0.05) is 35.5 Å². The standard InChI is InChI=1S/C20H18N4O4/c1-12-16(18(28-24-12)14-7-9-22-10-8-14)20(27)23-15(17(25)19(21)26)11-13-5-3-2-4-6-13/h2-10,15H,11H2,1H3,(H2,21,26)(H,23,27). The summed E-state index contributed by atoms with van der Waals surface area (Å²) in [7, 11) is 0. The Bertz CT molecular complexity index is 1000. The minimum atomic E-state index is -1.11. The number of nitrogens with zero attached hydrogens (tertiary/aromatic N) is 2. The number of hydrogen-bond acceptors (Lipinski definition) is 6. The van der Waals surface area contributed by atoms with E-state index in [1.165, 1.54) is 0 Å². The summed E-state index contributed by atoms with van der Waals surface area (Å²) in [5.74, 6) is -2.32. The average molecular weight is 378 g/mol. The molecular weight excluding hydrogens is 360 g/mol. The van der Waals surface area contributed by atoms with Gasteiger partial charge in [-0.3, -0.25) is 19.4 Å². The van der Waals surface area contributed by atoms with E-state index in [4.69, 9.17) is 10.3 Å². The number of hydrogen-bond donors (Lipinski definition) is 2. The fourth-order valence-corrected chi connectivity index (χ4v) is 2.80. The number of aryl methyl sites for hydroxylation is 1. The average Bonchev–Trinajstić information content (AvgIpc) is 3.10. The lowest BCUT2D eigenvalue weighted by Crippen LogP contribution is -2.47. The molecule has 142 valence electrons. The van der Waals surface area contributed by atoms with Crippen LogP contribution in [-0.2, 0) is 16.0 Å². The molecule has 0 spiro atoms. The molecule has 1 atom stereocenters. The monoisotopic (exact) mass is 378 g/mol. The Kier molecular flexibility index (Phi) is 5.59. The molecule has 28 heavy (non-hydrogen) atoms. The Morgan fingerprint density at radius 3 is 2.43 bits per heavy atom. The summed E-state index contributed by atoms with van der Waals surface area (Å²) < 4.78 is 5.30. The number of pyridine rings is 1. The molecule has 2 amide bonds. The molecule has 2 aromatic heterocycles. The molecule has 0 aliphatic heterocycles. The smallest absolute Gasteiger partial charge is 0.287 e. The minimum Gasteiger partial charge on any atom is -0.363 e. The van der Waals surface area contributed by atoms with Crippen LogP contribution in [0.5, 0.6) is 0 Å². The molecule has 1 unspecified atom stereocenters. The fraction of sp³-hybridized carbons (Fsp3) is 0.150. The minimum absolute atomic E-state index is 0.128. The molecule has 0 radical (unpaired) electrons. The van der Waals surface area contributed by atoms with Crippen molar-refractivity contribution in [2.45, 2.75) is 19.4 Å². The third-order valence-corrected chi connectivity index (χ3v) is 4.18. The highest BCUT2D eigenvalue weighted by Crippen LogP contribution is 2.25. The van der Waals surface area contributed by atoms with Crippen molar-refractivity contribution in [2.24, 2.45) is 5.73 Å². The fourth-order valence-electron chi connectivity index (χ4n) is 2.80. The van der Waals surface area contributed by atoms with E-state index >= 15 is 0 Å². The number of Topliss-reactive ketones (excluding diaryl/α,β-unsaturated/α-hetero) is 1. The summed E-state index contributed by atoms with van der Waals surface area (Å²) in [6.45, 7) is 1.62. The van der Waals surface area contributed by atoms with Gasteiger partial charge in [0.1, 0.15) is 11.6 Å². The summed E-state index contributed by atoms with van der Waals surface area (Å²) in [5.41, 5.74) is 7.09. The molecule has 1 aromatic carbocycles. The molecule has 0 fully saturated rings. The van der Waals surface area contributed by atoms with Crippen molar-refractivity contribution in [3.8, 4) is 11.3 Å². The van der Waals surface area contributed by atoms with Gasteiger partial charge in [0.2, 0.25) is 5.78 Å². The number of aromatic nitrogens is 2. The van der Waals surface area contributed by atoms with Gasteiger partial charge < -0.3 is 15.6 Å². The zero-order valence-electron chi connectivity index (χ0n) is 15.1. The molecule has 0 saturated carbocycles. The normalized spacial score (nSPS) is 11.6. The Morgan fingerprint density at radius 2 is 1.79 bits per heavy atom. The van der Waals surface area contributed by atoms with Crippen LogP contribution in [0.25, 0.3) is 11.3 Å². The van der Waals surface area contributed by atoms with Crippen LogP contribution in [0, 0.1) is 6.92 Å². The van der Waals surface area contributed by atoms with E-state index in [2.05, 4.69) is 15.5 Å². The second-order valence-electron chi connectivity index (χ2n) is 6.15. The summed E-state index contributed by atoms with van der Waals surface area (Å²) in [6, 6.07) is 11.3. The van der Waals surface area contributed by atoms with E-state index in [1.54, 1.807) is 55.7 Å². The molecule has 2 heterocycles. The first-order valence-corrected chi connectivity index (χ1v) is 8.52. The van der Waals surface area contributed by atoms with E-state index in [9.17, 15) is 14.4 Å². The lowest BCUT2D eigenvalue weighted by Gasteiger charge is -2.16. The van der Waals surface area contributed by atoms with E-state index in [0.717, 1.165) is 5.56 Å². The van der Waals surface area contributed by atoms with Gasteiger partial charge >= 0.3 is 0 Å². The number of amides is 2. The van der Waals surface area contributed by atoms with Crippen molar-refractivity contribution in [3.63, 3.8) is 0 Å². The summed E-state index contributed by atoms with van der Waals surface area (Å²) in [5, 5.41) is 6.45. The van der Waals surface area contributed by atoms with Gasteiger partial charge in [0.05, 0.1) is 5.69 Å². The lowest BCUT2D eigenvalue weighted by molar-refractivity contribution is -0.137. The highest BCUT2D eigenvalue weighted by atomic mass is 16.5. The maximum absolute atomic E-state index is 12.9. The first-order valence-electron chi connectivity index (χ1n) is 8.52. The maximum atomic E-state index is 12.9. The second-order valence-corrected chi connectivity index (χ2v) is 6.15. The number of carbonyl (C=O) groups is 3. The van der Waals surface area contributed by atoms with Crippen LogP contribution in [0.4, 0.5) is 0 Å². The number of nitrogens with two attached hydrogens (primary N) is 1. The summed E-state index contributed by atoms with van der Waals surface area (Å²) >= 11 is 0. The molecule has 0 aliphatic carbocycles. The number of ketones is 1. The molecular formula is C20H18N4O4. The van der Waals surface area contributed by atoms with Gasteiger partial charge in [0, 0.05) is 24.4 Å². The van der Waals surface area contributed by atoms with Crippen LogP contribution >= 0.6 is 0 Å². The van der Waals surface area contributed by atoms with Gasteiger partial charge in [-0.2, -0.15) is 0 Å². The Balaban J connectivity index is 1.89. The third kappa shape index (κ3) is 4.12. The van der Waals surface area contributed by atoms with Crippen molar-refractivity contribution >= 4 is 17.6 Å². The van der Waals surface area contributed by atoms with Crippen molar-refractivity contribution in [2.75, 3.05) is 0 Å². The summed E-state index contributed by atoms with van der Waals surface area (Å²) in [4.78, 5) is 40.5. The zero-order valence-corrected chi connectivity index (χ0v) is 15.1. The van der Waals surface area contributed by atoms with Gasteiger partial charge in [-0.25, -0.2) is 0 Å². The summed E-state index contributed by atoms with van der Waals surface area (Å²) in [6.07, 6.45) is 3.25. The molecule has 3 aromatic rings. The second kappa shape index (κ2) is 8.26. The highest BCUT2D eigenvalue weighted by Gasteiger charge is 2.29. The predicted octanol–water partition coefficient (Wildman–Crippen LogP) is 1.44. The van der Waals surface area contributed by atoms with E-state index in [0.29, 0.717) is 11.3 Å². The van der Waals surface area contributed by atoms with Crippen molar-refractivity contribution in [1.82, 2.24) is 15.5 Å². The van der Waals surface area contributed by atoms with E-state index in [1.807, 2.05) is 6.07 Å². The molecule has 8 heteroatoms. The van der Waals surface area contributed by atoms with Crippen molar-refractivity contribution in [1.29, 1.82) is 0 Å². The lowest BCUT2D eigenvalue weighted by atomic mass is 10.0. The van der Waals surface area contributed by atoms with Gasteiger partial charge in [-0.05, 0) is 24.6 Å². The van der Waals surface area contributed by atoms with Gasteiger partial charge in [0.25, 0.3) is 11.8 Å². The van der Waals surface area contributed by atoms with Crippen LogP contribution in [0.15, 0.2) is 59.4 Å². The molecule has 0 saturated heterocycles. The molecule has 3 rings (SSSR count). The third-order valence-electron chi connectivity index (χ3n) is 4.18. The van der Waals surface area contributed by atoms with Gasteiger partial charge in [-0.15, -0.1) is 0 Å². The largest absolute Gasteiger partial charge is 0.363 e. The number of benzene rings is 1. The first-order chi connectivity index (χ1) is 13.5. The number of rotatable bonds is 7.